The van der Waals surface area contributed by atoms with Gasteiger partial charge in [-0.1, -0.05) is 11.6 Å². The maximum Gasteiger partial charge on any atom is 0.293 e. The lowest BCUT2D eigenvalue weighted by molar-refractivity contribution is -0.128. The molecule has 1 aliphatic rings. The second-order valence-electron chi connectivity index (χ2n) is 5.58. The summed E-state index contributed by atoms with van der Waals surface area (Å²) in [6, 6.07) is 4.28. The van der Waals surface area contributed by atoms with Crippen molar-refractivity contribution < 1.29 is 18.3 Å². The largest absolute Gasteiger partial charge is 0.468 e. The molecule has 1 fully saturated rings. The fourth-order valence-electron chi connectivity index (χ4n) is 2.47. The van der Waals surface area contributed by atoms with Crippen LogP contribution in [-0.2, 0) is 9.53 Å². The van der Waals surface area contributed by atoms with E-state index in [1.165, 1.54) is 18.2 Å². The first kappa shape index (κ1) is 20.3. The molecular weight excluding hydrogens is 363 g/mol. The Hall–Kier alpha value is -2.03. The van der Waals surface area contributed by atoms with Gasteiger partial charge < -0.3 is 14.5 Å². The normalized spacial score (nSPS) is 15.7. The van der Waals surface area contributed by atoms with Crippen LogP contribution in [0.1, 0.15) is 25.8 Å². The summed E-state index contributed by atoms with van der Waals surface area (Å²) in [6.07, 6.45) is 0. The number of aromatic nitrogens is 2. The van der Waals surface area contributed by atoms with Gasteiger partial charge in [0.2, 0.25) is 5.89 Å². The van der Waals surface area contributed by atoms with E-state index in [2.05, 4.69) is 25.2 Å². The number of carbonyl (C=O) groups excluding carboxylic acids is 1. The summed E-state index contributed by atoms with van der Waals surface area (Å²) in [4.78, 5) is 11.4. The summed E-state index contributed by atoms with van der Waals surface area (Å²) in [5, 5.41) is 11.7. The lowest BCUT2D eigenvalue weighted by atomic mass is 10.2. The number of nitrogens with one attached hydrogen (secondary N) is 1. The molecule has 0 radical (unpaired) electrons. The van der Waals surface area contributed by atoms with Crippen LogP contribution in [0.5, 0.6) is 0 Å². The Morgan fingerprint density at radius 1 is 1.42 bits per heavy atom. The Morgan fingerprint density at radius 3 is 2.77 bits per heavy atom. The van der Waals surface area contributed by atoms with E-state index in [9.17, 15) is 9.18 Å². The second-order valence-corrected chi connectivity index (χ2v) is 6.02. The molecule has 2 heterocycles. The third kappa shape index (κ3) is 5.48. The Bertz CT molecular complexity index is 707. The molecule has 0 spiro atoms. The molecule has 142 valence electrons. The van der Waals surface area contributed by atoms with Crippen molar-refractivity contribution in [2.45, 2.75) is 19.9 Å². The zero-order chi connectivity index (χ0) is 18.9. The molecule has 1 aliphatic heterocycles. The molecule has 1 N–H and O–H groups in total. The van der Waals surface area contributed by atoms with Crippen LogP contribution in [0, 0.1) is 5.82 Å². The third-order valence-corrected chi connectivity index (χ3v) is 4.13. The van der Waals surface area contributed by atoms with Crippen LogP contribution < -0.4 is 5.32 Å². The molecule has 0 saturated carbocycles. The minimum Gasteiger partial charge on any atom is -0.468 e. The van der Waals surface area contributed by atoms with E-state index in [1.807, 2.05) is 6.92 Å². The van der Waals surface area contributed by atoms with Crippen molar-refractivity contribution in [1.29, 1.82) is 0 Å². The van der Waals surface area contributed by atoms with E-state index in [-0.39, 0.29) is 17.5 Å². The number of hydrogen-bond donors (Lipinski definition) is 1. The minimum atomic E-state index is -0.426. The maximum absolute atomic E-state index is 13.8. The van der Waals surface area contributed by atoms with Gasteiger partial charge in [-0.2, -0.15) is 0 Å². The van der Waals surface area contributed by atoms with E-state index >= 15 is 0 Å². The van der Waals surface area contributed by atoms with Crippen LogP contribution in [0.4, 0.5) is 4.39 Å². The average Bonchev–Trinajstić information content (AvgIpc) is 3.15. The molecule has 1 atom stereocenters. The first-order chi connectivity index (χ1) is 12.6. The van der Waals surface area contributed by atoms with Crippen molar-refractivity contribution >= 4 is 18.1 Å². The van der Waals surface area contributed by atoms with Crippen molar-refractivity contribution in [3.05, 3.63) is 34.9 Å². The van der Waals surface area contributed by atoms with Gasteiger partial charge in [-0.3, -0.25) is 9.69 Å². The molecule has 3 rings (SSSR count). The SMILES string of the molecule is CC(c1nnc(-c2cc(Cl)ccc2F)o1)N1CCNCC1.CCOC=O. The first-order valence-electron chi connectivity index (χ1n) is 8.35. The van der Waals surface area contributed by atoms with Gasteiger partial charge in [0.25, 0.3) is 12.4 Å². The molecule has 7 nitrogen and oxygen atoms in total. The number of ether oxygens (including phenoxy) is 1. The number of rotatable bonds is 5. The Kier molecular flexibility index (Phi) is 7.96. The monoisotopic (exact) mass is 384 g/mol. The number of halogens is 2. The molecule has 0 bridgehead atoms. The van der Waals surface area contributed by atoms with Gasteiger partial charge >= 0.3 is 0 Å². The topological polar surface area (TPSA) is 80.5 Å². The summed E-state index contributed by atoms with van der Waals surface area (Å²) in [6.45, 7) is 8.40. The smallest absolute Gasteiger partial charge is 0.293 e. The van der Waals surface area contributed by atoms with Crippen LogP contribution in [0.2, 0.25) is 5.02 Å². The van der Waals surface area contributed by atoms with Crippen LogP contribution in [0.3, 0.4) is 0 Å². The van der Waals surface area contributed by atoms with Crippen LogP contribution in [0.15, 0.2) is 22.6 Å². The third-order valence-electron chi connectivity index (χ3n) is 3.89. The van der Waals surface area contributed by atoms with Crippen LogP contribution in [-0.4, -0.2) is 54.4 Å². The highest BCUT2D eigenvalue weighted by atomic mass is 35.5. The Labute approximate surface area is 156 Å². The lowest BCUT2D eigenvalue weighted by Crippen LogP contribution is -2.44. The molecule has 0 aliphatic carbocycles. The summed E-state index contributed by atoms with van der Waals surface area (Å²) in [7, 11) is 0. The number of carbonyl (C=O) groups is 1. The number of hydrogen-bond acceptors (Lipinski definition) is 7. The highest BCUT2D eigenvalue weighted by Crippen LogP contribution is 2.27. The van der Waals surface area contributed by atoms with E-state index in [0.717, 1.165) is 26.2 Å². The molecule has 9 heteroatoms. The van der Waals surface area contributed by atoms with E-state index in [1.54, 1.807) is 6.92 Å². The minimum absolute atomic E-state index is 0.00981. The quantitative estimate of drug-likeness (QED) is 0.793. The summed E-state index contributed by atoms with van der Waals surface area (Å²) in [5.41, 5.74) is 0.230. The number of piperazine rings is 1. The molecule has 0 amide bonds. The summed E-state index contributed by atoms with van der Waals surface area (Å²) in [5.74, 6) is 0.225. The van der Waals surface area contributed by atoms with Crippen LogP contribution >= 0.6 is 11.6 Å². The van der Waals surface area contributed by atoms with Gasteiger partial charge in [0.05, 0.1) is 18.2 Å². The zero-order valence-electron chi connectivity index (χ0n) is 14.7. The van der Waals surface area contributed by atoms with E-state index < -0.39 is 5.82 Å². The van der Waals surface area contributed by atoms with E-state index in [0.29, 0.717) is 24.0 Å². The number of benzene rings is 1. The van der Waals surface area contributed by atoms with Gasteiger partial charge in [-0.15, -0.1) is 10.2 Å². The molecule has 2 aromatic rings. The highest BCUT2D eigenvalue weighted by Gasteiger charge is 2.23. The molecule has 26 heavy (non-hydrogen) atoms. The van der Waals surface area contributed by atoms with Gasteiger partial charge in [0.15, 0.2) is 0 Å². The summed E-state index contributed by atoms with van der Waals surface area (Å²) >= 11 is 5.89. The summed E-state index contributed by atoms with van der Waals surface area (Å²) < 4.78 is 23.6. The van der Waals surface area contributed by atoms with Crippen molar-refractivity contribution in [2.24, 2.45) is 0 Å². The Balaban J connectivity index is 0.000000431. The molecule has 1 aromatic carbocycles. The maximum atomic E-state index is 13.8. The van der Waals surface area contributed by atoms with Gasteiger partial charge in [0.1, 0.15) is 5.82 Å². The molecule has 1 aromatic heterocycles. The van der Waals surface area contributed by atoms with Crippen molar-refractivity contribution in [1.82, 2.24) is 20.4 Å². The predicted molar refractivity (Wildman–Crippen MR) is 95.2 cm³/mol. The highest BCUT2D eigenvalue weighted by molar-refractivity contribution is 6.30. The van der Waals surface area contributed by atoms with E-state index in [4.69, 9.17) is 16.0 Å². The predicted octanol–water partition coefficient (Wildman–Crippen LogP) is 2.67. The fraction of sp³-hybridized carbons (Fsp3) is 0.471. The van der Waals surface area contributed by atoms with Gasteiger partial charge in [-0.25, -0.2) is 4.39 Å². The average molecular weight is 385 g/mol. The number of nitrogens with zero attached hydrogens (tertiary/aromatic N) is 3. The molecular formula is C17H22ClFN4O3. The van der Waals surface area contributed by atoms with Crippen molar-refractivity contribution in [3.63, 3.8) is 0 Å². The standard InChI is InChI=1S/C14H16ClFN4O.C3H6O2/c1-9(20-6-4-17-5-7-20)13-18-19-14(21-13)11-8-10(15)2-3-12(11)16;1-2-5-3-4/h2-3,8-9,17H,4-7H2,1H3;3H,2H2,1H3. The van der Waals surface area contributed by atoms with Crippen molar-refractivity contribution in [2.75, 3.05) is 32.8 Å². The Morgan fingerprint density at radius 2 is 2.15 bits per heavy atom. The molecule has 1 saturated heterocycles. The van der Waals surface area contributed by atoms with Crippen LogP contribution in [0.25, 0.3) is 11.5 Å². The van der Waals surface area contributed by atoms with Crippen molar-refractivity contribution in [3.8, 4) is 11.5 Å². The lowest BCUT2D eigenvalue weighted by Gasteiger charge is -2.30. The first-order valence-corrected chi connectivity index (χ1v) is 8.73. The second kappa shape index (κ2) is 10.2. The molecule has 1 unspecified atom stereocenters. The zero-order valence-corrected chi connectivity index (χ0v) is 15.5. The fourth-order valence-corrected chi connectivity index (χ4v) is 2.64. The van der Waals surface area contributed by atoms with Gasteiger partial charge in [0, 0.05) is 31.2 Å². The van der Waals surface area contributed by atoms with Gasteiger partial charge in [-0.05, 0) is 32.0 Å².